The first-order valence-electron chi connectivity index (χ1n) is 6.08. The van der Waals surface area contributed by atoms with Gasteiger partial charge < -0.3 is 4.74 Å². The summed E-state index contributed by atoms with van der Waals surface area (Å²) in [5.41, 5.74) is 3.10. The van der Waals surface area contributed by atoms with Crippen LogP contribution < -0.4 is 0 Å². The van der Waals surface area contributed by atoms with E-state index < -0.39 is 0 Å². The quantitative estimate of drug-likeness (QED) is 0.538. The number of fused-ring (bicyclic) bond motifs is 1. The van der Waals surface area contributed by atoms with Crippen LogP contribution in [0.4, 0.5) is 0 Å². The van der Waals surface area contributed by atoms with Crippen molar-refractivity contribution in [2.45, 2.75) is 39.7 Å². The van der Waals surface area contributed by atoms with Gasteiger partial charge in [0, 0.05) is 5.57 Å². The van der Waals surface area contributed by atoms with Crippen molar-refractivity contribution in [2.24, 2.45) is 11.3 Å². The van der Waals surface area contributed by atoms with Gasteiger partial charge in [-0.3, -0.25) is 0 Å². The van der Waals surface area contributed by atoms with Crippen molar-refractivity contribution in [3.8, 4) is 0 Å². The van der Waals surface area contributed by atoms with Crippen molar-refractivity contribution >= 4 is 5.97 Å². The van der Waals surface area contributed by atoms with Crippen molar-refractivity contribution in [2.75, 3.05) is 0 Å². The van der Waals surface area contributed by atoms with E-state index in [9.17, 15) is 4.79 Å². The topological polar surface area (TPSA) is 26.3 Å². The lowest BCUT2D eigenvalue weighted by molar-refractivity contribution is -0.141. The van der Waals surface area contributed by atoms with Crippen molar-refractivity contribution in [1.29, 1.82) is 0 Å². The van der Waals surface area contributed by atoms with Gasteiger partial charge >= 0.3 is 5.97 Å². The highest BCUT2D eigenvalue weighted by atomic mass is 16.5. The number of hydrogen-bond acceptors (Lipinski definition) is 2. The zero-order valence-electron chi connectivity index (χ0n) is 10.9. The summed E-state index contributed by atoms with van der Waals surface area (Å²) in [4.78, 5) is 11.6. The molecule has 0 spiro atoms. The summed E-state index contributed by atoms with van der Waals surface area (Å²) in [6.07, 6.45) is 3.65. The van der Waals surface area contributed by atoms with Gasteiger partial charge in [-0.2, -0.15) is 0 Å². The first kappa shape index (κ1) is 12.2. The fraction of sp³-hybridized carbons (Fsp3) is 0.533. The first-order valence-corrected chi connectivity index (χ1v) is 6.08. The van der Waals surface area contributed by atoms with Crippen LogP contribution in [0.2, 0.25) is 0 Å². The monoisotopic (exact) mass is 232 g/mol. The summed E-state index contributed by atoms with van der Waals surface area (Å²) in [5, 5.41) is 0. The van der Waals surface area contributed by atoms with E-state index in [4.69, 9.17) is 4.74 Å². The third-order valence-corrected chi connectivity index (χ3v) is 4.33. The van der Waals surface area contributed by atoms with Gasteiger partial charge in [-0.1, -0.05) is 25.2 Å². The maximum Gasteiger partial charge on any atom is 0.334 e. The maximum absolute atomic E-state index is 11.6. The second-order valence-electron chi connectivity index (χ2n) is 5.56. The van der Waals surface area contributed by atoms with Gasteiger partial charge in [0.25, 0.3) is 0 Å². The Bertz CT molecular complexity index is 430. The lowest BCUT2D eigenvalue weighted by Gasteiger charge is -2.42. The SMILES string of the molecule is C=C[C@@]1(C)C[C@H]2OC(=O)C(C)=C2C[C@@H]1C(=C)C. The summed E-state index contributed by atoms with van der Waals surface area (Å²) in [6.45, 7) is 14.1. The average Bonchev–Trinajstić information content (AvgIpc) is 2.53. The normalized spacial score (nSPS) is 36.5. The fourth-order valence-electron chi connectivity index (χ4n) is 3.07. The Morgan fingerprint density at radius 3 is 2.76 bits per heavy atom. The molecule has 2 heteroatoms. The number of allylic oxidation sites excluding steroid dienone is 2. The van der Waals surface area contributed by atoms with Gasteiger partial charge in [0.1, 0.15) is 6.10 Å². The van der Waals surface area contributed by atoms with E-state index in [1.165, 1.54) is 5.57 Å². The Morgan fingerprint density at radius 2 is 2.24 bits per heavy atom. The third kappa shape index (κ3) is 1.76. The third-order valence-electron chi connectivity index (χ3n) is 4.33. The molecule has 0 aromatic rings. The van der Waals surface area contributed by atoms with Gasteiger partial charge in [-0.25, -0.2) is 4.79 Å². The molecule has 0 saturated heterocycles. The van der Waals surface area contributed by atoms with Crippen molar-refractivity contribution in [3.63, 3.8) is 0 Å². The zero-order valence-corrected chi connectivity index (χ0v) is 10.9. The van der Waals surface area contributed by atoms with Crippen LogP contribution in [0.15, 0.2) is 36.0 Å². The molecular formula is C15H20O2. The summed E-state index contributed by atoms with van der Waals surface area (Å²) < 4.78 is 5.41. The highest BCUT2D eigenvalue weighted by molar-refractivity contribution is 5.91. The molecule has 1 saturated carbocycles. The molecule has 2 aliphatic rings. The van der Waals surface area contributed by atoms with E-state index in [-0.39, 0.29) is 17.5 Å². The number of rotatable bonds is 2. The van der Waals surface area contributed by atoms with Crippen LogP contribution in [0.25, 0.3) is 0 Å². The summed E-state index contributed by atoms with van der Waals surface area (Å²) in [7, 11) is 0. The van der Waals surface area contributed by atoms with E-state index in [1.54, 1.807) is 0 Å². The maximum atomic E-state index is 11.6. The highest BCUT2D eigenvalue weighted by Gasteiger charge is 2.46. The fourth-order valence-corrected chi connectivity index (χ4v) is 3.07. The van der Waals surface area contributed by atoms with Gasteiger partial charge in [-0.15, -0.1) is 6.58 Å². The molecule has 0 N–H and O–H groups in total. The molecule has 1 fully saturated rings. The Balaban J connectivity index is 2.39. The molecule has 0 bridgehead atoms. The number of carbonyl (C=O) groups excluding carboxylic acids is 1. The summed E-state index contributed by atoms with van der Waals surface area (Å²) in [6, 6.07) is 0. The minimum absolute atomic E-state index is 0.0229. The van der Waals surface area contributed by atoms with Gasteiger partial charge in [0.15, 0.2) is 0 Å². The molecule has 3 atom stereocenters. The van der Waals surface area contributed by atoms with Crippen molar-refractivity contribution in [3.05, 3.63) is 36.0 Å². The number of carbonyl (C=O) groups is 1. The second-order valence-corrected chi connectivity index (χ2v) is 5.56. The van der Waals surface area contributed by atoms with E-state index in [0.29, 0.717) is 5.92 Å². The smallest absolute Gasteiger partial charge is 0.334 e. The van der Waals surface area contributed by atoms with Crippen LogP contribution in [0, 0.1) is 11.3 Å². The predicted molar refractivity (Wildman–Crippen MR) is 68.4 cm³/mol. The Hall–Kier alpha value is -1.31. The minimum Gasteiger partial charge on any atom is -0.454 e. The molecule has 0 amide bonds. The minimum atomic E-state index is -0.154. The summed E-state index contributed by atoms with van der Waals surface area (Å²) >= 11 is 0. The van der Waals surface area contributed by atoms with Crippen LogP contribution in [-0.4, -0.2) is 12.1 Å². The van der Waals surface area contributed by atoms with Crippen LogP contribution in [-0.2, 0) is 9.53 Å². The van der Waals surface area contributed by atoms with Crippen LogP contribution in [0.3, 0.4) is 0 Å². The largest absolute Gasteiger partial charge is 0.454 e. The molecule has 92 valence electrons. The van der Waals surface area contributed by atoms with Gasteiger partial charge in [0.05, 0.1) is 0 Å². The highest BCUT2D eigenvalue weighted by Crippen LogP contribution is 2.50. The molecule has 2 rings (SSSR count). The van der Waals surface area contributed by atoms with Gasteiger partial charge in [-0.05, 0) is 43.6 Å². The van der Waals surface area contributed by atoms with Gasteiger partial charge in [0.2, 0.25) is 0 Å². The van der Waals surface area contributed by atoms with E-state index in [1.807, 2.05) is 13.0 Å². The summed E-state index contributed by atoms with van der Waals surface area (Å²) in [5.74, 6) is 0.203. The average molecular weight is 232 g/mol. The lowest BCUT2D eigenvalue weighted by Crippen LogP contribution is -2.37. The molecule has 17 heavy (non-hydrogen) atoms. The predicted octanol–water partition coefficient (Wildman–Crippen LogP) is 3.41. The second kappa shape index (κ2) is 3.86. The van der Waals surface area contributed by atoms with E-state index >= 15 is 0 Å². The Labute approximate surface area is 103 Å². The number of ether oxygens (including phenoxy) is 1. The molecule has 1 aliphatic heterocycles. The van der Waals surface area contributed by atoms with E-state index in [0.717, 1.165) is 24.0 Å². The van der Waals surface area contributed by atoms with Crippen LogP contribution in [0.5, 0.6) is 0 Å². The number of hydrogen-bond donors (Lipinski definition) is 0. The number of esters is 1. The molecule has 0 unspecified atom stereocenters. The molecule has 0 aromatic heterocycles. The van der Waals surface area contributed by atoms with Crippen LogP contribution in [0.1, 0.15) is 33.6 Å². The zero-order chi connectivity index (χ0) is 12.8. The molecular weight excluding hydrogens is 212 g/mol. The van der Waals surface area contributed by atoms with Crippen molar-refractivity contribution in [1.82, 2.24) is 0 Å². The molecule has 0 radical (unpaired) electrons. The standard InChI is InChI=1S/C15H20O2/c1-6-15(5)8-13-11(7-12(15)9(2)3)10(4)14(16)17-13/h6,12-13H,1-2,7-8H2,3-5H3/t12-,13-,15+/m1/s1. The molecule has 1 heterocycles. The van der Waals surface area contributed by atoms with Crippen LogP contribution >= 0.6 is 0 Å². The first-order chi connectivity index (χ1) is 7.89. The Morgan fingerprint density at radius 1 is 1.59 bits per heavy atom. The molecule has 0 aromatic carbocycles. The Kier molecular flexibility index (Phi) is 2.76. The lowest BCUT2D eigenvalue weighted by atomic mass is 9.63. The molecule has 2 nitrogen and oxygen atoms in total. The van der Waals surface area contributed by atoms with Crippen molar-refractivity contribution < 1.29 is 9.53 Å². The molecule has 1 aliphatic carbocycles. The van der Waals surface area contributed by atoms with E-state index in [2.05, 4.69) is 27.0 Å².